The first-order chi connectivity index (χ1) is 6.59. The van der Waals surface area contributed by atoms with Crippen LogP contribution >= 0.6 is 0 Å². The molecule has 4 atom stereocenters. The van der Waals surface area contributed by atoms with Crippen LogP contribution in [0.15, 0.2) is 0 Å². The highest BCUT2D eigenvalue weighted by Gasteiger charge is 2.19. The third-order valence-electron chi connectivity index (χ3n) is 3.50. The van der Waals surface area contributed by atoms with Crippen LogP contribution in [0.25, 0.3) is 0 Å². The Labute approximate surface area is 88.1 Å². The standard InChI is InChI=1S/C12H25NO/c1-9-5-4-6-12(7-9)8-13-10(2)11(3)14/h9-14H,4-8H2,1-3H3. The summed E-state index contributed by atoms with van der Waals surface area (Å²) in [6.45, 7) is 7.33. The lowest BCUT2D eigenvalue weighted by atomic mass is 9.82. The summed E-state index contributed by atoms with van der Waals surface area (Å²) in [5, 5.41) is 12.8. The molecule has 0 aromatic rings. The average molecular weight is 199 g/mol. The van der Waals surface area contributed by atoms with Crippen LogP contribution in [0.4, 0.5) is 0 Å². The van der Waals surface area contributed by atoms with E-state index in [0.29, 0.717) is 0 Å². The molecule has 0 aromatic carbocycles. The second kappa shape index (κ2) is 5.72. The molecule has 2 N–H and O–H groups in total. The van der Waals surface area contributed by atoms with Crippen LogP contribution in [-0.2, 0) is 0 Å². The van der Waals surface area contributed by atoms with Crippen molar-refractivity contribution in [2.75, 3.05) is 6.54 Å². The zero-order chi connectivity index (χ0) is 10.6. The van der Waals surface area contributed by atoms with Crippen LogP contribution in [-0.4, -0.2) is 23.8 Å². The SMILES string of the molecule is CC1CCCC(CNC(C)C(C)O)C1. The lowest BCUT2D eigenvalue weighted by Crippen LogP contribution is -2.39. The highest BCUT2D eigenvalue weighted by atomic mass is 16.3. The Morgan fingerprint density at radius 2 is 2.07 bits per heavy atom. The molecule has 0 amide bonds. The second-order valence-corrected chi connectivity index (χ2v) is 5.08. The summed E-state index contributed by atoms with van der Waals surface area (Å²) < 4.78 is 0. The number of nitrogens with one attached hydrogen (secondary N) is 1. The van der Waals surface area contributed by atoms with Crippen molar-refractivity contribution in [1.82, 2.24) is 5.32 Å². The van der Waals surface area contributed by atoms with Crippen molar-refractivity contribution in [2.24, 2.45) is 11.8 Å². The van der Waals surface area contributed by atoms with Crippen molar-refractivity contribution in [1.29, 1.82) is 0 Å². The molecule has 2 heteroatoms. The van der Waals surface area contributed by atoms with Crippen LogP contribution in [0.1, 0.15) is 46.5 Å². The van der Waals surface area contributed by atoms with E-state index in [-0.39, 0.29) is 12.1 Å². The van der Waals surface area contributed by atoms with E-state index in [0.717, 1.165) is 18.4 Å². The Bertz CT molecular complexity index is 158. The largest absolute Gasteiger partial charge is 0.392 e. The summed E-state index contributed by atoms with van der Waals surface area (Å²) in [5.74, 6) is 1.73. The average Bonchev–Trinajstić information content (AvgIpc) is 2.14. The molecule has 0 bridgehead atoms. The van der Waals surface area contributed by atoms with Crippen LogP contribution in [0, 0.1) is 11.8 Å². The van der Waals surface area contributed by atoms with Crippen LogP contribution in [0.2, 0.25) is 0 Å². The molecule has 1 aliphatic carbocycles. The van der Waals surface area contributed by atoms with Gasteiger partial charge in [-0.05, 0) is 45.1 Å². The maximum absolute atomic E-state index is 9.34. The number of aliphatic hydroxyl groups excluding tert-OH is 1. The highest BCUT2D eigenvalue weighted by molar-refractivity contribution is 4.75. The Balaban J connectivity index is 2.17. The van der Waals surface area contributed by atoms with E-state index in [1.54, 1.807) is 0 Å². The van der Waals surface area contributed by atoms with Gasteiger partial charge in [0.2, 0.25) is 0 Å². The van der Waals surface area contributed by atoms with Gasteiger partial charge in [-0.15, -0.1) is 0 Å². The predicted octanol–water partition coefficient (Wildman–Crippen LogP) is 2.17. The van der Waals surface area contributed by atoms with Crippen LogP contribution in [0.5, 0.6) is 0 Å². The molecule has 2 nitrogen and oxygen atoms in total. The molecule has 0 radical (unpaired) electrons. The molecule has 1 rings (SSSR count). The summed E-state index contributed by atoms with van der Waals surface area (Å²) in [6.07, 6.45) is 5.28. The highest BCUT2D eigenvalue weighted by Crippen LogP contribution is 2.27. The van der Waals surface area contributed by atoms with Gasteiger partial charge in [0.1, 0.15) is 0 Å². The van der Waals surface area contributed by atoms with Gasteiger partial charge < -0.3 is 10.4 Å². The van der Waals surface area contributed by atoms with E-state index < -0.39 is 0 Å². The fourth-order valence-electron chi connectivity index (χ4n) is 2.27. The van der Waals surface area contributed by atoms with Gasteiger partial charge >= 0.3 is 0 Å². The number of aliphatic hydroxyl groups is 1. The minimum absolute atomic E-state index is 0.229. The van der Waals surface area contributed by atoms with E-state index in [1.165, 1.54) is 25.7 Å². The van der Waals surface area contributed by atoms with Crippen molar-refractivity contribution in [3.8, 4) is 0 Å². The van der Waals surface area contributed by atoms with Crippen molar-refractivity contribution in [3.63, 3.8) is 0 Å². The first-order valence-electron chi connectivity index (χ1n) is 6.01. The Morgan fingerprint density at radius 3 is 2.64 bits per heavy atom. The summed E-state index contributed by atoms with van der Waals surface area (Å²) in [6, 6.07) is 0.229. The minimum atomic E-state index is -0.240. The smallest absolute Gasteiger partial charge is 0.0662 e. The van der Waals surface area contributed by atoms with Gasteiger partial charge in [-0.1, -0.05) is 19.8 Å². The quantitative estimate of drug-likeness (QED) is 0.727. The summed E-state index contributed by atoms with van der Waals surface area (Å²) >= 11 is 0. The zero-order valence-corrected chi connectivity index (χ0v) is 9.79. The monoisotopic (exact) mass is 199 g/mol. The van der Waals surface area contributed by atoms with Gasteiger partial charge in [0.05, 0.1) is 6.10 Å². The fourth-order valence-corrected chi connectivity index (χ4v) is 2.27. The third-order valence-corrected chi connectivity index (χ3v) is 3.50. The van der Waals surface area contributed by atoms with Gasteiger partial charge in [-0.3, -0.25) is 0 Å². The molecule has 1 aliphatic rings. The second-order valence-electron chi connectivity index (χ2n) is 5.08. The van der Waals surface area contributed by atoms with Crippen LogP contribution < -0.4 is 5.32 Å². The molecular weight excluding hydrogens is 174 g/mol. The lowest BCUT2D eigenvalue weighted by molar-refractivity contribution is 0.146. The Morgan fingerprint density at radius 1 is 1.36 bits per heavy atom. The van der Waals surface area contributed by atoms with Gasteiger partial charge in [-0.25, -0.2) is 0 Å². The molecule has 1 fully saturated rings. The Hall–Kier alpha value is -0.0800. The van der Waals surface area contributed by atoms with Crippen molar-refractivity contribution >= 4 is 0 Å². The van der Waals surface area contributed by atoms with Crippen molar-refractivity contribution in [3.05, 3.63) is 0 Å². The van der Waals surface area contributed by atoms with Gasteiger partial charge in [0, 0.05) is 6.04 Å². The molecule has 0 heterocycles. The van der Waals surface area contributed by atoms with E-state index >= 15 is 0 Å². The Kier molecular flexibility index (Phi) is 4.90. The molecular formula is C12H25NO. The topological polar surface area (TPSA) is 32.3 Å². The third kappa shape index (κ3) is 3.97. The maximum Gasteiger partial charge on any atom is 0.0662 e. The molecule has 0 saturated heterocycles. The van der Waals surface area contributed by atoms with E-state index in [9.17, 15) is 5.11 Å². The molecule has 84 valence electrons. The minimum Gasteiger partial charge on any atom is -0.392 e. The molecule has 0 aromatic heterocycles. The fraction of sp³-hybridized carbons (Fsp3) is 1.00. The van der Waals surface area contributed by atoms with Crippen LogP contribution in [0.3, 0.4) is 0 Å². The van der Waals surface area contributed by atoms with E-state index in [4.69, 9.17) is 0 Å². The van der Waals surface area contributed by atoms with E-state index in [2.05, 4.69) is 19.2 Å². The van der Waals surface area contributed by atoms with Gasteiger partial charge in [0.25, 0.3) is 0 Å². The van der Waals surface area contributed by atoms with E-state index in [1.807, 2.05) is 6.92 Å². The first-order valence-corrected chi connectivity index (χ1v) is 6.01. The number of rotatable bonds is 4. The van der Waals surface area contributed by atoms with Gasteiger partial charge in [0.15, 0.2) is 0 Å². The zero-order valence-electron chi connectivity index (χ0n) is 9.79. The molecule has 4 unspecified atom stereocenters. The normalized spacial score (nSPS) is 32.6. The lowest BCUT2D eigenvalue weighted by Gasteiger charge is -2.28. The van der Waals surface area contributed by atoms with Gasteiger partial charge in [-0.2, -0.15) is 0 Å². The first kappa shape index (κ1) is 12.0. The summed E-state index contributed by atoms with van der Waals surface area (Å²) in [4.78, 5) is 0. The summed E-state index contributed by atoms with van der Waals surface area (Å²) in [5.41, 5.74) is 0. The maximum atomic E-state index is 9.34. The number of hydrogen-bond donors (Lipinski definition) is 2. The summed E-state index contributed by atoms with van der Waals surface area (Å²) in [7, 11) is 0. The van der Waals surface area contributed by atoms with Crippen molar-refractivity contribution in [2.45, 2.75) is 58.6 Å². The molecule has 0 aliphatic heterocycles. The molecule has 14 heavy (non-hydrogen) atoms. The molecule has 1 saturated carbocycles. The molecule has 0 spiro atoms. The predicted molar refractivity (Wildman–Crippen MR) is 60.3 cm³/mol. The number of hydrogen-bond acceptors (Lipinski definition) is 2. The van der Waals surface area contributed by atoms with Crippen molar-refractivity contribution < 1.29 is 5.11 Å².